The molecule has 1 aliphatic carbocycles. The number of halogens is 5. The van der Waals surface area contributed by atoms with E-state index in [1.54, 1.807) is 4.90 Å². The van der Waals surface area contributed by atoms with Crippen molar-refractivity contribution in [3.8, 4) is 41.2 Å². The quantitative estimate of drug-likeness (QED) is 0.115. The number of pyridine rings is 1. The number of ether oxygens (including phenoxy) is 2. The smallest absolute Gasteiger partial charge is 0.319 e. The molecular weight excluding hydrogens is 749 g/mol. The molecule has 0 radical (unpaired) electrons. The number of hydrogen-bond acceptors (Lipinski definition) is 9. The van der Waals surface area contributed by atoms with E-state index in [2.05, 4.69) is 26.1 Å². The number of terminal acetylenes is 1. The number of aromatic hydroxyl groups is 1. The molecule has 7 rings (SSSR count). The topological polar surface area (TPSA) is 116 Å². The van der Waals surface area contributed by atoms with Gasteiger partial charge in [0.2, 0.25) is 5.88 Å². The van der Waals surface area contributed by atoms with Crippen molar-refractivity contribution in [2.45, 2.75) is 77.1 Å². The molecule has 304 valence electrons. The number of nitrogens with one attached hydrogen (secondary N) is 1. The molecule has 4 heterocycles. The van der Waals surface area contributed by atoms with Gasteiger partial charge in [0.05, 0.1) is 37.9 Å². The van der Waals surface area contributed by atoms with Crippen LogP contribution in [0.15, 0.2) is 24.3 Å². The van der Waals surface area contributed by atoms with Crippen LogP contribution >= 0.6 is 0 Å². The minimum atomic E-state index is -2.71. The molecule has 3 fully saturated rings. The standard InChI is InChI=1S/C41H46F5N7O4/c1-5-25-19-52(20-26(6-2)53(25)40(55)47-18-31(44)45)37-33-36(49-39(50-37)57-22-41(12-13-41)21-51-14-10-24(42)11-15-51)34(46)35(48-38(33)56-4)29-17-27(54)16-23-8-9-30(43)28(7-3)32(23)29/h3,8-9,16-17,24-26,31,54H,5-6,10-15,18-22H2,1-2,4H3,(H,47,55). The van der Waals surface area contributed by atoms with E-state index in [9.17, 15) is 23.1 Å². The van der Waals surface area contributed by atoms with E-state index in [4.69, 9.17) is 20.9 Å². The Morgan fingerprint density at radius 3 is 2.39 bits per heavy atom. The largest absolute Gasteiger partial charge is 0.508 e. The molecule has 0 spiro atoms. The third kappa shape index (κ3) is 8.03. The molecule has 57 heavy (non-hydrogen) atoms. The van der Waals surface area contributed by atoms with Crippen molar-refractivity contribution in [1.29, 1.82) is 0 Å². The number of urea groups is 1. The number of piperazine rings is 1. The fraction of sp³-hybridized carbons (Fsp3) is 0.512. The average molecular weight is 796 g/mol. The zero-order valence-electron chi connectivity index (χ0n) is 32.1. The number of nitrogens with zero attached hydrogens (tertiary/aromatic N) is 6. The summed E-state index contributed by atoms with van der Waals surface area (Å²) in [5.41, 5.74) is -0.888. The summed E-state index contributed by atoms with van der Waals surface area (Å²) in [6, 6.07) is 3.60. The lowest BCUT2D eigenvalue weighted by molar-refractivity contribution is 0.106. The number of hydrogen-bond donors (Lipinski definition) is 2. The van der Waals surface area contributed by atoms with Gasteiger partial charge in [0, 0.05) is 49.1 Å². The number of phenols is 1. The Kier molecular flexibility index (Phi) is 11.5. The molecule has 2 saturated heterocycles. The number of likely N-dealkylation sites (tertiary alicyclic amines) is 1. The number of carbonyl (C=O) groups excluding carboxylic acids is 1. The van der Waals surface area contributed by atoms with E-state index in [1.807, 2.05) is 18.7 Å². The first-order chi connectivity index (χ1) is 27.4. The predicted octanol–water partition coefficient (Wildman–Crippen LogP) is 7.07. The Labute approximate surface area is 327 Å². The maximum absolute atomic E-state index is 17.4. The maximum Gasteiger partial charge on any atom is 0.319 e. The molecule has 2 N–H and O–H groups in total. The van der Waals surface area contributed by atoms with Gasteiger partial charge in [-0.05, 0) is 62.1 Å². The van der Waals surface area contributed by atoms with E-state index >= 15 is 8.78 Å². The fourth-order valence-corrected chi connectivity index (χ4v) is 8.22. The zero-order chi connectivity index (χ0) is 40.6. The fourth-order valence-electron chi connectivity index (χ4n) is 8.22. The molecule has 4 aromatic rings. The van der Waals surface area contributed by atoms with Crippen molar-refractivity contribution in [2.24, 2.45) is 5.41 Å². The van der Waals surface area contributed by atoms with Gasteiger partial charge in [0.15, 0.2) is 5.82 Å². The van der Waals surface area contributed by atoms with Crippen molar-refractivity contribution >= 4 is 33.5 Å². The van der Waals surface area contributed by atoms with E-state index in [-0.39, 0.29) is 81.7 Å². The highest BCUT2D eigenvalue weighted by Crippen LogP contribution is 2.48. The number of methoxy groups -OCH3 is 1. The van der Waals surface area contributed by atoms with Crippen molar-refractivity contribution in [3.05, 3.63) is 41.5 Å². The number of aromatic nitrogens is 3. The monoisotopic (exact) mass is 795 g/mol. The lowest BCUT2D eigenvalue weighted by Crippen LogP contribution is -2.62. The van der Waals surface area contributed by atoms with Crippen LogP contribution in [0.3, 0.4) is 0 Å². The molecule has 2 aromatic heterocycles. The second-order valence-electron chi connectivity index (χ2n) is 15.2. The Balaban J connectivity index is 1.35. The number of amides is 2. The zero-order valence-corrected chi connectivity index (χ0v) is 32.1. The molecule has 2 atom stereocenters. The Hall–Kier alpha value is -5.17. The second kappa shape index (κ2) is 16.4. The summed E-state index contributed by atoms with van der Waals surface area (Å²) in [5.74, 6) is 0.602. The number of phenolic OH excluding ortho intramolecular Hbond substituents is 1. The van der Waals surface area contributed by atoms with Crippen LogP contribution in [0.25, 0.3) is 32.9 Å². The Morgan fingerprint density at radius 1 is 1.07 bits per heavy atom. The van der Waals surface area contributed by atoms with Crippen LogP contribution in [0.1, 0.15) is 57.9 Å². The molecule has 16 heteroatoms. The molecular formula is C41H46F5N7O4. The molecule has 0 bridgehead atoms. The minimum Gasteiger partial charge on any atom is -0.508 e. The SMILES string of the molecule is C#Cc1c(F)ccc2cc(O)cc(-c3nc(OC)c4c(N5CC(CC)N(C(=O)NCC(F)F)C(CC)C5)nc(OCC5(CN6CCC(F)CC6)CC5)nc4c3F)c12. The van der Waals surface area contributed by atoms with Gasteiger partial charge < -0.3 is 34.6 Å². The van der Waals surface area contributed by atoms with Crippen molar-refractivity contribution < 1.29 is 41.3 Å². The molecule has 2 aromatic carbocycles. The lowest BCUT2D eigenvalue weighted by Gasteiger charge is -2.47. The number of carbonyl (C=O) groups is 1. The minimum absolute atomic E-state index is 0.00674. The van der Waals surface area contributed by atoms with Crippen LogP contribution in [-0.2, 0) is 0 Å². The van der Waals surface area contributed by atoms with Crippen LogP contribution in [0.2, 0.25) is 0 Å². The van der Waals surface area contributed by atoms with Gasteiger partial charge in [-0.2, -0.15) is 9.97 Å². The molecule has 1 saturated carbocycles. The normalized spacial score (nSPS) is 19.9. The van der Waals surface area contributed by atoms with Gasteiger partial charge in [-0.3, -0.25) is 0 Å². The Bertz CT molecular complexity index is 2180. The van der Waals surface area contributed by atoms with Crippen molar-refractivity contribution in [2.75, 3.05) is 57.9 Å². The molecule has 3 aliphatic rings. The first-order valence-corrected chi connectivity index (χ1v) is 19.3. The molecule has 2 aliphatic heterocycles. The summed E-state index contributed by atoms with van der Waals surface area (Å²) in [6.07, 6.45) is 5.88. The predicted molar refractivity (Wildman–Crippen MR) is 206 cm³/mol. The van der Waals surface area contributed by atoms with Gasteiger partial charge in [0.25, 0.3) is 6.43 Å². The van der Waals surface area contributed by atoms with Crippen LogP contribution in [0.5, 0.6) is 17.6 Å². The van der Waals surface area contributed by atoms with Crippen LogP contribution in [0, 0.1) is 29.4 Å². The number of fused-ring (bicyclic) bond motifs is 2. The number of rotatable bonds is 12. The van der Waals surface area contributed by atoms with Gasteiger partial charge in [-0.1, -0.05) is 25.8 Å². The lowest BCUT2D eigenvalue weighted by atomic mass is 9.95. The van der Waals surface area contributed by atoms with Crippen molar-refractivity contribution in [1.82, 2.24) is 30.1 Å². The highest BCUT2D eigenvalue weighted by atomic mass is 19.3. The molecule has 2 unspecified atom stereocenters. The summed E-state index contributed by atoms with van der Waals surface area (Å²) >= 11 is 0. The highest BCUT2D eigenvalue weighted by Gasteiger charge is 2.46. The number of piperidine rings is 1. The summed E-state index contributed by atoms with van der Waals surface area (Å²) in [6.45, 7) is 5.61. The molecule has 11 nitrogen and oxygen atoms in total. The molecule has 2 amide bonds. The third-order valence-corrected chi connectivity index (χ3v) is 11.4. The second-order valence-corrected chi connectivity index (χ2v) is 15.2. The highest BCUT2D eigenvalue weighted by molar-refractivity contribution is 6.04. The average Bonchev–Trinajstić information content (AvgIpc) is 3.98. The van der Waals surface area contributed by atoms with Gasteiger partial charge in [0.1, 0.15) is 40.2 Å². The van der Waals surface area contributed by atoms with E-state index in [1.165, 1.54) is 31.4 Å². The first-order valence-electron chi connectivity index (χ1n) is 19.3. The van der Waals surface area contributed by atoms with Crippen LogP contribution < -0.4 is 19.7 Å². The summed E-state index contributed by atoms with van der Waals surface area (Å²) in [5, 5.41) is 13.7. The maximum atomic E-state index is 17.4. The number of benzene rings is 2. The summed E-state index contributed by atoms with van der Waals surface area (Å²) in [7, 11) is 1.35. The van der Waals surface area contributed by atoms with Gasteiger partial charge in [-0.15, -0.1) is 6.42 Å². The summed E-state index contributed by atoms with van der Waals surface area (Å²) in [4.78, 5) is 33.0. The number of anilines is 1. The van der Waals surface area contributed by atoms with Gasteiger partial charge in [-0.25, -0.2) is 31.7 Å². The van der Waals surface area contributed by atoms with Crippen LogP contribution in [0.4, 0.5) is 32.6 Å². The van der Waals surface area contributed by atoms with Crippen molar-refractivity contribution in [3.63, 3.8) is 0 Å². The van der Waals surface area contributed by atoms with E-state index in [0.717, 1.165) is 12.8 Å². The Morgan fingerprint density at radius 2 is 1.77 bits per heavy atom. The first kappa shape index (κ1) is 40.0. The van der Waals surface area contributed by atoms with E-state index < -0.39 is 48.9 Å². The van der Waals surface area contributed by atoms with Gasteiger partial charge >= 0.3 is 12.0 Å². The van der Waals surface area contributed by atoms with E-state index in [0.29, 0.717) is 50.7 Å². The van der Waals surface area contributed by atoms with Crippen LogP contribution in [-0.4, -0.2) is 114 Å². The summed E-state index contributed by atoms with van der Waals surface area (Å²) < 4.78 is 84.6. The third-order valence-electron chi connectivity index (χ3n) is 11.4. The number of alkyl halides is 3.